The fourth-order valence-electron chi connectivity index (χ4n) is 4.37. The van der Waals surface area contributed by atoms with E-state index in [0.717, 1.165) is 12.4 Å². The third-order valence-corrected chi connectivity index (χ3v) is 22.2. The quantitative estimate of drug-likeness (QED) is 0.198. The van der Waals surface area contributed by atoms with Crippen molar-refractivity contribution in [2.24, 2.45) is 5.92 Å². The Morgan fingerprint density at radius 2 is 1.21 bits per heavy atom. The van der Waals surface area contributed by atoms with Crippen LogP contribution in [0.2, 0.25) is 13.3 Å². The summed E-state index contributed by atoms with van der Waals surface area (Å²) in [7, 11) is 0. The van der Waals surface area contributed by atoms with Crippen LogP contribution >= 0.6 is 0 Å². The van der Waals surface area contributed by atoms with Crippen molar-refractivity contribution in [1.82, 2.24) is 0 Å². The molecule has 0 saturated heterocycles. The van der Waals surface area contributed by atoms with E-state index in [1.807, 2.05) is 0 Å². The normalized spacial score (nSPS) is 12.9. The van der Waals surface area contributed by atoms with E-state index in [-0.39, 0.29) is 0 Å². The number of unbranched alkanes of at least 4 members (excludes halogenated alkanes) is 4. The van der Waals surface area contributed by atoms with E-state index in [9.17, 15) is 0 Å². The maximum atomic E-state index is 6.19. The van der Waals surface area contributed by atoms with Crippen LogP contribution in [-0.2, 0) is 0 Å². The second kappa shape index (κ2) is 15.6. The first kappa shape index (κ1) is 25.9. The van der Waals surface area contributed by atoms with Gasteiger partial charge in [-0.25, -0.2) is 0 Å². The Morgan fingerprint density at radius 1 is 0.714 bits per heavy atom. The Balaban J connectivity index is 2.86. The van der Waals surface area contributed by atoms with E-state index in [1.54, 1.807) is 16.9 Å². The van der Waals surface area contributed by atoms with E-state index in [0.29, 0.717) is 5.92 Å². The molecular formula is C26H48OSn. The Kier molecular flexibility index (Phi) is 14.4. The summed E-state index contributed by atoms with van der Waals surface area (Å²) < 4.78 is 12.6. The van der Waals surface area contributed by atoms with Crippen LogP contribution in [0.15, 0.2) is 24.3 Å². The van der Waals surface area contributed by atoms with Crippen molar-refractivity contribution in [1.29, 1.82) is 0 Å². The molecule has 0 aliphatic carbocycles. The molecule has 0 radical (unpaired) electrons. The molecule has 0 aliphatic rings. The van der Waals surface area contributed by atoms with Crippen molar-refractivity contribution >= 4 is 22.0 Å². The van der Waals surface area contributed by atoms with Crippen LogP contribution in [0.3, 0.4) is 0 Å². The van der Waals surface area contributed by atoms with Gasteiger partial charge < -0.3 is 0 Å². The molecule has 1 unspecified atom stereocenters. The van der Waals surface area contributed by atoms with Crippen LogP contribution in [0, 0.1) is 5.92 Å². The van der Waals surface area contributed by atoms with E-state index in [2.05, 4.69) is 58.9 Å². The zero-order chi connectivity index (χ0) is 20.7. The number of rotatable bonds is 17. The first-order valence-corrected chi connectivity index (χ1v) is 19.9. The number of hydrogen-bond acceptors (Lipinski definition) is 1. The van der Waals surface area contributed by atoms with E-state index in [1.165, 1.54) is 64.2 Å². The van der Waals surface area contributed by atoms with Gasteiger partial charge in [0.15, 0.2) is 0 Å². The summed E-state index contributed by atoms with van der Waals surface area (Å²) in [6.07, 6.45) is 13.4. The molecule has 0 heterocycles. The van der Waals surface area contributed by atoms with E-state index in [4.69, 9.17) is 4.74 Å². The van der Waals surface area contributed by atoms with Crippen molar-refractivity contribution in [2.45, 2.75) is 112 Å². The molecule has 1 nitrogen and oxygen atoms in total. The molecule has 1 atom stereocenters. The predicted octanol–water partition coefficient (Wildman–Crippen LogP) is 8.34. The van der Waals surface area contributed by atoms with Crippen molar-refractivity contribution in [3.63, 3.8) is 0 Å². The minimum atomic E-state index is -2.28. The van der Waals surface area contributed by atoms with Gasteiger partial charge in [0.05, 0.1) is 0 Å². The molecule has 0 aromatic heterocycles. The second-order valence-corrected chi connectivity index (χ2v) is 22.1. The molecular weight excluding hydrogens is 447 g/mol. The van der Waals surface area contributed by atoms with Gasteiger partial charge in [-0.05, 0) is 0 Å². The predicted molar refractivity (Wildman–Crippen MR) is 130 cm³/mol. The van der Waals surface area contributed by atoms with Gasteiger partial charge in [-0.3, -0.25) is 0 Å². The molecule has 1 rings (SSSR count). The molecule has 0 saturated carbocycles. The molecule has 2 heteroatoms. The van der Waals surface area contributed by atoms with Crippen LogP contribution in [-0.4, -0.2) is 25.0 Å². The maximum absolute atomic E-state index is 6.19. The van der Waals surface area contributed by atoms with Gasteiger partial charge in [-0.1, -0.05) is 0 Å². The molecule has 1 aromatic rings. The molecule has 1 aromatic carbocycles. The zero-order valence-electron chi connectivity index (χ0n) is 19.7. The Bertz CT molecular complexity index is 460. The van der Waals surface area contributed by atoms with Gasteiger partial charge >= 0.3 is 181 Å². The van der Waals surface area contributed by atoms with Gasteiger partial charge in [-0.15, -0.1) is 0 Å². The summed E-state index contributed by atoms with van der Waals surface area (Å²) in [5.74, 6) is 1.79. The van der Waals surface area contributed by atoms with Crippen molar-refractivity contribution in [3.8, 4) is 5.75 Å². The van der Waals surface area contributed by atoms with E-state index >= 15 is 0 Å². The number of ether oxygens (including phenoxy) is 1. The van der Waals surface area contributed by atoms with Crippen LogP contribution < -0.4 is 8.32 Å². The summed E-state index contributed by atoms with van der Waals surface area (Å²) in [6, 6.07) is 9.52. The molecule has 0 N–H and O–H groups in total. The first-order chi connectivity index (χ1) is 13.7. The van der Waals surface area contributed by atoms with Gasteiger partial charge in [0, 0.05) is 0 Å². The average Bonchev–Trinajstić information content (AvgIpc) is 2.74. The van der Waals surface area contributed by atoms with Gasteiger partial charge in [0.1, 0.15) is 0 Å². The molecule has 0 amide bonds. The van der Waals surface area contributed by atoms with Gasteiger partial charge in [0.2, 0.25) is 0 Å². The number of hydrogen-bond donors (Lipinski definition) is 0. The van der Waals surface area contributed by atoms with Gasteiger partial charge in [0.25, 0.3) is 0 Å². The zero-order valence-corrected chi connectivity index (χ0v) is 22.5. The van der Waals surface area contributed by atoms with Crippen LogP contribution in [0.4, 0.5) is 0 Å². The molecule has 0 aliphatic heterocycles. The molecule has 28 heavy (non-hydrogen) atoms. The fraction of sp³-hybridized carbons (Fsp3) is 0.769. The molecule has 0 bridgehead atoms. The minimum absolute atomic E-state index is 0.705. The van der Waals surface area contributed by atoms with Crippen LogP contribution in [0.25, 0.3) is 0 Å². The van der Waals surface area contributed by atoms with Crippen molar-refractivity contribution in [3.05, 3.63) is 24.3 Å². The number of benzene rings is 1. The van der Waals surface area contributed by atoms with Crippen LogP contribution in [0.5, 0.6) is 5.75 Å². The Hall–Kier alpha value is -0.181. The Labute approximate surface area is 180 Å². The van der Waals surface area contributed by atoms with Crippen LogP contribution in [0.1, 0.15) is 98.8 Å². The topological polar surface area (TPSA) is 9.23 Å². The van der Waals surface area contributed by atoms with Crippen molar-refractivity contribution in [2.75, 3.05) is 6.61 Å². The summed E-state index contributed by atoms with van der Waals surface area (Å²) >= 11 is -2.28. The monoisotopic (exact) mass is 496 g/mol. The first-order valence-electron chi connectivity index (χ1n) is 12.4. The van der Waals surface area contributed by atoms with Crippen molar-refractivity contribution < 1.29 is 4.74 Å². The standard InChI is InChI=1S/C14H21O.3C4H9.Sn/c1-3-5-9-13(4-2)12-15-14-10-7-6-8-11-14;3*1-3-4-2;/h7-8,10-11,13H,3-5,9,12H2,1-2H3;3*1,3-4H2,2H3;. The summed E-state index contributed by atoms with van der Waals surface area (Å²) in [6.45, 7) is 12.5. The van der Waals surface area contributed by atoms with Gasteiger partial charge in [-0.2, -0.15) is 0 Å². The molecule has 162 valence electrons. The third kappa shape index (κ3) is 9.09. The Morgan fingerprint density at radius 3 is 1.64 bits per heavy atom. The SMILES string of the molecule is CCCCC(CC)COc1cc[c]([Sn]([CH2]CCC)([CH2]CCC)[CH2]CCC)cc1. The summed E-state index contributed by atoms with van der Waals surface area (Å²) in [5.41, 5.74) is 0. The third-order valence-electron chi connectivity index (χ3n) is 6.52. The van der Waals surface area contributed by atoms with E-state index < -0.39 is 18.4 Å². The molecule has 0 spiro atoms. The molecule has 0 fully saturated rings. The average molecular weight is 495 g/mol. The summed E-state index contributed by atoms with van der Waals surface area (Å²) in [4.78, 5) is 0. The summed E-state index contributed by atoms with van der Waals surface area (Å²) in [5, 5.41) is 0. The fourth-order valence-corrected chi connectivity index (χ4v) is 20.3. The second-order valence-electron chi connectivity index (χ2n) is 8.84.